The normalized spacial score (nSPS) is 16.2. The maximum atomic E-state index is 9.59. The molecule has 2 heterocycles. The van der Waals surface area contributed by atoms with Gasteiger partial charge >= 0.3 is 0 Å². The molecule has 2 N–H and O–H groups in total. The second kappa shape index (κ2) is 9.38. The highest BCUT2D eigenvalue weighted by Gasteiger charge is 2.23. The maximum absolute atomic E-state index is 9.59. The average Bonchev–Trinajstić information content (AvgIpc) is 2.82. The van der Waals surface area contributed by atoms with Crippen molar-refractivity contribution in [2.45, 2.75) is 19.4 Å². The minimum absolute atomic E-state index is 0.171. The van der Waals surface area contributed by atoms with Crippen LogP contribution in [0.15, 0.2) is 36.4 Å². The standard InChI is InChI=1S/C23H24ClN5O2/c1-31-21-7-5-16(10-20(21)24)12-26-22-19-9-15(11-25)4-6-18(19)23(28-27-22)29-8-2-3-17(13-29)14-30/h4-7,9-10,17,30H,2-3,8,12-14H2,1H3,(H,26,27). The molecule has 2 aromatic carbocycles. The van der Waals surface area contributed by atoms with Crippen LogP contribution in [0.3, 0.4) is 0 Å². The lowest BCUT2D eigenvalue weighted by molar-refractivity contribution is 0.208. The van der Waals surface area contributed by atoms with Crippen molar-refractivity contribution in [2.75, 3.05) is 37.0 Å². The SMILES string of the molecule is COc1ccc(CNc2nnc(N3CCCC(CO)C3)c3ccc(C#N)cc23)cc1Cl. The zero-order chi connectivity index (χ0) is 21.8. The molecule has 31 heavy (non-hydrogen) atoms. The van der Waals surface area contributed by atoms with Crippen LogP contribution >= 0.6 is 11.6 Å². The highest BCUT2D eigenvalue weighted by molar-refractivity contribution is 6.32. The van der Waals surface area contributed by atoms with Crippen LogP contribution in [0.2, 0.25) is 5.02 Å². The third-order valence-electron chi connectivity index (χ3n) is 5.64. The van der Waals surface area contributed by atoms with Crippen LogP contribution < -0.4 is 15.0 Å². The van der Waals surface area contributed by atoms with E-state index in [0.29, 0.717) is 28.7 Å². The molecule has 3 aromatic rings. The van der Waals surface area contributed by atoms with Crippen molar-refractivity contribution in [1.29, 1.82) is 5.26 Å². The number of hydrogen-bond donors (Lipinski definition) is 2. The monoisotopic (exact) mass is 437 g/mol. The Morgan fingerprint density at radius 1 is 1.26 bits per heavy atom. The van der Waals surface area contributed by atoms with E-state index < -0.39 is 0 Å². The van der Waals surface area contributed by atoms with Crippen LogP contribution in [0.1, 0.15) is 24.0 Å². The number of hydrogen-bond acceptors (Lipinski definition) is 7. The average molecular weight is 438 g/mol. The Labute approximate surface area is 186 Å². The molecule has 160 valence electrons. The van der Waals surface area contributed by atoms with Crippen LogP contribution in [0.5, 0.6) is 5.75 Å². The van der Waals surface area contributed by atoms with E-state index in [9.17, 15) is 10.4 Å². The largest absolute Gasteiger partial charge is 0.495 e. The lowest BCUT2D eigenvalue weighted by Gasteiger charge is -2.33. The number of nitrogens with one attached hydrogen (secondary N) is 1. The minimum Gasteiger partial charge on any atom is -0.495 e. The summed E-state index contributed by atoms with van der Waals surface area (Å²) in [7, 11) is 1.58. The van der Waals surface area contributed by atoms with E-state index in [0.717, 1.165) is 48.1 Å². The molecule has 1 aliphatic rings. The van der Waals surface area contributed by atoms with Crippen molar-refractivity contribution >= 4 is 34.0 Å². The number of aliphatic hydroxyl groups excluding tert-OH is 1. The Bertz CT molecular complexity index is 1130. The summed E-state index contributed by atoms with van der Waals surface area (Å²) >= 11 is 6.24. The van der Waals surface area contributed by atoms with Gasteiger partial charge in [0.25, 0.3) is 0 Å². The predicted octanol–water partition coefficient (Wildman–Crippen LogP) is 3.98. The summed E-state index contributed by atoms with van der Waals surface area (Å²) in [5.41, 5.74) is 1.54. The second-order valence-corrected chi connectivity index (χ2v) is 8.11. The maximum Gasteiger partial charge on any atom is 0.159 e. The number of fused-ring (bicyclic) bond motifs is 1. The van der Waals surface area contributed by atoms with Gasteiger partial charge in [0.05, 0.1) is 23.8 Å². The fourth-order valence-electron chi connectivity index (χ4n) is 3.99. The minimum atomic E-state index is 0.171. The van der Waals surface area contributed by atoms with Crippen molar-refractivity contribution < 1.29 is 9.84 Å². The molecule has 1 atom stereocenters. The molecule has 1 saturated heterocycles. The summed E-state index contributed by atoms with van der Waals surface area (Å²) < 4.78 is 5.21. The first-order chi connectivity index (χ1) is 15.1. The van der Waals surface area contributed by atoms with E-state index in [2.05, 4.69) is 26.5 Å². The Kier molecular flexibility index (Phi) is 6.40. The van der Waals surface area contributed by atoms with Crippen LogP contribution in [-0.4, -0.2) is 42.1 Å². The molecular formula is C23H24ClN5O2. The zero-order valence-electron chi connectivity index (χ0n) is 17.3. The molecule has 0 aliphatic carbocycles. The van der Waals surface area contributed by atoms with E-state index in [-0.39, 0.29) is 12.5 Å². The van der Waals surface area contributed by atoms with Gasteiger partial charge in [0.1, 0.15) is 5.75 Å². The summed E-state index contributed by atoms with van der Waals surface area (Å²) in [5, 5.41) is 33.6. The molecule has 1 unspecified atom stereocenters. The van der Waals surface area contributed by atoms with Crippen molar-refractivity contribution in [3.05, 3.63) is 52.5 Å². The molecule has 0 spiro atoms. The van der Waals surface area contributed by atoms with Gasteiger partial charge in [-0.05, 0) is 54.7 Å². The Balaban J connectivity index is 1.66. The summed E-state index contributed by atoms with van der Waals surface area (Å²) in [6.07, 6.45) is 2.02. The first-order valence-corrected chi connectivity index (χ1v) is 10.6. The van der Waals surface area contributed by atoms with E-state index in [1.54, 1.807) is 13.2 Å². The third kappa shape index (κ3) is 4.50. The van der Waals surface area contributed by atoms with E-state index in [1.807, 2.05) is 30.3 Å². The van der Waals surface area contributed by atoms with Crippen molar-refractivity contribution in [2.24, 2.45) is 5.92 Å². The van der Waals surface area contributed by atoms with Crippen LogP contribution in [0.25, 0.3) is 10.8 Å². The number of benzene rings is 2. The summed E-state index contributed by atoms with van der Waals surface area (Å²) in [6.45, 7) is 2.29. The van der Waals surface area contributed by atoms with Gasteiger partial charge in [-0.2, -0.15) is 5.26 Å². The number of piperidine rings is 1. The second-order valence-electron chi connectivity index (χ2n) is 7.70. The lowest BCUT2D eigenvalue weighted by atomic mass is 9.98. The van der Waals surface area contributed by atoms with Gasteiger partial charge in [-0.25, -0.2) is 0 Å². The van der Waals surface area contributed by atoms with Crippen LogP contribution in [-0.2, 0) is 6.54 Å². The highest BCUT2D eigenvalue weighted by atomic mass is 35.5. The Hall–Kier alpha value is -3.08. The smallest absolute Gasteiger partial charge is 0.159 e. The fourth-order valence-corrected chi connectivity index (χ4v) is 4.27. The first-order valence-electron chi connectivity index (χ1n) is 10.3. The van der Waals surface area contributed by atoms with E-state index in [1.165, 1.54) is 0 Å². The first kappa shape index (κ1) is 21.2. The number of nitrogens with zero attached hydrogens (tertiary/aromatic N) is 4. The van der Waals surface area contributed by atoms with Gasteiger partial charge in [-0.1, -0.05) is 17.7 Å². The number of halogens is 1. The van der Waals surface area contributed by atoms with E-state index in [4.69, 9.17) is 16.3 Å². The quantitative estimate of drug-likeness (QED) is 0.602. The summed E-state index contributed by atoms with van der Waals surface area (Å²) in [5.74, 6) is 2.26. The number of aliphatic hydroxyl groups is 1. The van der Waals surface area contributed by atoms with Crippen LogP contribution in [0.4, 0.5) is 11.6 Å². The van der Waals surface area contributed by atoms with Gasteiger partial charge < -0.3 is 20.1 Å². The molecule has 1 fully saturated rings. The molecule has 0 amide bonds. The van der Waals surface area contributed by atoms with Gasteiger partial charge in [0, 0.05) is 37.0 Å². The molecular weight excluding hydrogens is 414 g/mol. The number of methoxy groups -OCH3 is 1. The van der Waals surface area contributed by atoms with Gasteiger partial charge in [0.2, 0.25) is 0 Å². The number of ether oxygens (including phenoxy) is 1. The Morgan fingerprint density at radius 2 is 2.13 bits per heavy atom. The molecule has 0 bridgehead atoms. The molecule has 7 nitrogen and oxygen atoms in total. The van der Waals surface area contributed by atoms with Crippen LogP contribution in [0, 0.1) is 17.2 Å². The van der Waals surface area contributed by atoms with Crippen molar-refractivity contribution in [1.82, 2.24) is 10.2 Å². The van der Waals surface area contributed by atoms with Crippen molar-refractivity contribution in [3.8, 4) is 11.8 Å². The molecule has 1 aliphatic heterocycles. The fraction of sp³-hybridized carbons (Fsp3) is 0.348. The number of nitriles is 1. The number of aromatic nitrogens is 2. The van der Waals surface area contributed by atoms with Crippen molar-refractivity contribution in [3.63, 3.8) is 0 Å². The number of rotatable bonds is 6. The summed E-state index contributed by atoms with van der Waals surface area (Å²) in [6, 6.07) is 13.4. The molecule has 4 rings (SSSR count). The molecule has 8 heteroatoms. The van der Waals surface area contributed by atoms with Gasteiger partial charge in [-0.3, -0.25) is 0 Å². The van der Waals surface area contributed by atoms with E-state index >= 15 is 0 Å². The highest BCUT2D eigenvalue weighted by Crippen LogP contribution is 2.32. The molecule has 0 radical (unpaired) electrons. The Morgan fingerprint density at radius 3 is 2.87 bits per heavy atom. The molecule has 1 aromatic heterocycles. The molecule has 0 saturated carbocycles. The van der Waals surface area contributed by atoms with Gasteiger partial charge in [-0.15, -0.1) is 10.2 Å². The number of anilines is 2. The zero-order valence-corrected chi connectivity index (χ0v) is 18.1. The predicted molar refractivity (Wildman–Crippen MR) is 122 cm³/mol. The topological polar surface area (TPSA) is 94.3 Å². The summed E-state index contributed by atoms with van der Waals surface area (Å²) in [4.78, 5) is 2.18. The third-order valence-corrected chi connectivity index (χ3v) is 5.94. The lowest BCUT2D eigenvalue weighted by Crippen LogP contribution is -2.37. The van der Waals surface area contributed by atoms with Gasteiger partial charge in [0.15, 0.2) is 11.6 Å².